The van der Waals surface area contributed by atoms with Gasteiger partial charge in [0.1, 0.15) is 11.8 Å². The topological polar surface area (TPSA) is 76.4 Å². The molecule has 1 atom stereocenters. The molecule has 1 aliphatic rings. The molecule has 0 aliphatic carbocycles. The zero-order chi connectivity index (χ0) is 18.7. The molecule has 2 aromatic rings. The molecule has 0 N–H and O–H groups in total. The van der Waals surface area contributed by atoms with Gasteiger partial charge in [0.25, 0.3) is 0 Å². The van der Waals surface area contributed by atoms with Crippen molar-refractivity contribution >= 4 is 11.7 Å². The lowest BCUT2D eigenvalue weighted by Crippen LogP contribution is -2.42. The Morgan fingerprint density at radius 1 is 1.35 bits per heavy atom. The first-order valence-corrected chi connectivity index (χ1v) is 8.82. The van der Waals surface area contributed by atoms with Crippen molar-refractivity contribution < 1.29 is 9.53 Å². The van der Waals surface area contributed by atoms with E-state index in [9.17, 15) is 4.79 Å². The molecule has 0 saturated carbocycles. The van der Waals surface area contributed by atoms with E-state index in [-0.39, 0.29) is 12.0 Å². The van der Waals surface area contributed by atoms with Crippen LogP contribution < -0.4 is 4.90 Å². The molecule has 8 nitrogen and oxygen atoms in total. The predicted molar refractivity (Wildman–Crippen MR) is 97.9 cm³/mol. The Bertz CT molecular complexity index is 773. The van der Waals surface area contributed by atoms with Crippen LogP contribution in [0.15, 0.2) is 18.6 Å². The highest BCUT2D eigenvalue weighted by molar-refractivity contribution is 5.76. The van der Waals surface area contributed by atoms with Crippen LogP contribution in [0.2, 0.25) is 0 Å². The number of aromatic nitrogens is 4. The fraction of sp³-hybridized carbons (Fsp3) is 0.556. The van der Waals surface area contributed by atoms with Crippen LogP contribution in [0, 0.1) is 6.92 Å². The highest BCUT2D eigenvalue weighted by atomic mass is 16.5. The average Bonchev–Trinajstić information content (AvgIpc) is 2.97. The molecule has 1 amide bonds. The summed E-state index contributed by atoms with van der Waals surface area (Å²) in [5.74, 6) is 0.912. The van der Waals surface area contributed by atoms with E-state index in [0.29, 0.717) is 32.5 Å². The number of hydrogen-bond acceptors (Lipinski definition) is 6. The molecule has 1 saturated heterocycles. The first-order chi connectivity index (χ1) is 12.5. The lowest BCUT2D eigenvalue weighted by Gasteiger charge is -2.33. The highest BCUT2D eigenvalue weighted by Crippen LogP contribution is 2.27. The van der Waals surface area contributed by atoms with E-state index in [0.717, 1.165) is 22.8 Å². The molecule has 26 heavy (non-hydrogen) atoms. The molecule has 140 valence electrons. The van der Waals surface area contributed by atoms with Gasteiger partial charge in [-0.2, -0.15) is 5.10 Å². The molecule has 0 unspecified atom stereocenters. The summed E-state index contributed by atoms with van der Waals surface area (Å²) in [6.07, 6.45) is 6.24. The van der Waals surface area contributed by atoms with Crippen LogP contribution in [-0.4, -0.2) is 64.3 Å². The van der Waals surface area contributed by atoms with Crippen molar-refractivity contribution in [3.05, 3.63) is 35.5 Å². The highest BCUT2D eigenvalue weighted by Gasteiger charge is 2.28. The van der Waals surface area contributed by atoms with E-state index in [1.807, 2.05) is 44.1 Å². The molecule has 3 rings (SSSR count). The van der Waals surface area contributed by atoms with Crippen molar-refractivity contribution in [1.29, 1.82) is 0 Å². The molecule has 3 heterocycles. The number of ether oxygens (including phenoxy) is 1. The Morgan fingerprint density at radius 3 is 2.81 bits per heavy atom. The average molecular weight is 358 g/mol. The Labute approximate surface area is 153 Å². The Kier molecular flexibility index (Phi) is 5.51. The largest absolute Gasteiger partial charge is 0.368 e. The van der Waals surface area contributed by atoms with E-state index in [2.05, 4.69) is 15.1 Å². The minimum absolute atomic E-state index is 0.136. The van der Waals surface area contributed by atoms with Gasteiger partial charge in [0, 0.05) is 52.7 Å². The van der Waals surface area contributed by atoms with Gasteiger partial charge in [-0.1, -0.05) is 0 Å². The maximum absolute atomic E-state index is 12.7. The number of hydrogen-bond donors (Lipinski definition) is 0. The minimum Gasteiger partial charge on any atom is -0.368 e. The smallest absolute Gasteiger partial charge is 0.223 e. The third-order valence-corrected chi connectivity index (χ3v) is 4.58. The molecule has 0 radical (unpaired) electrons. The third-order valence-electron chi connectivity index (χ3n) is 4.58. The van der Waals surface area contributed by atoms with Crippen molar-refractivity contribution in [1.82, 2.24) is 24.6 Å². The number of amides is 1. The lowest BCUT2D eigenvalue weighted by molar-refractivity contribution is -0.139. The normalized spacial score (nSPS) is 17.4. The van der Waals surface area contributed by atoms with Crippen molar-refractivity contribution in [3.63, 3.8) is 0 Å². The molecule has 1 fully saturated rings. The summed E-state index contributed by atoms with van der Waals surface area (Å²) in [6.45, 7) is 3.59. The van der Waals surface area contributed by atoms with Crippen LogP contribution in [0.25, 0.3) is 0 Å². The van der Waals surface area contributed by atoms with E-state index in [1.54, 1.807) is 17.1 Å². The molecule has 0 bridgehead atoms. The summed E-state index contributed by atoms with van der Waals surface area (Å²) in [5.41, 5.74) is 2.88. The zero-order valence-electron chi connectivity index (χ0n) is 15.8. The van der Waals surface area contributed by atoms with E-state index >= 15 is 0 Å². The number of aryl methyl sites for hydroxylation is 3. The summed E-state index contributed by atoms with van der Waals surface area (Å²) < 4.78 is 7.67. The summed E-state index contributed by atoms with van der Waals surface area (Å²) >= 11 is 0. The van der Waals surface area contributed by atoms with Crippen LogP contribution in [0.4, 0.5) is 5.82 Å². The number of rotatable bonds is 5. The number of anilines is 1. The zero-order valence-corrected chi connectivity index (χ0v) is 15.8. The number of nitrogens with zero attached hydrogens (tertiary/aromatic N) is 6. The summed E-state index contributed by atoms with van der Waals surface area (Å²) in [6, 6.07) is 0. The van der Waals surface area contributed by atoms with Crippen LogP contribution in [0.3, 0.4) is 0 Å². The van der Waals surface area contributed by atoms with Crippen LogP contribution in [0.1, 0.15) is 29.5 Å². The number of morpholine rings is 1. The van der Waals surface area contributed by atoms with Gasteiger partial charge in [0.15, 0.2) is 5.82 Å². The van der Waals surface area contributed by atoms with Crippen molar-refractivity contribution in [2.75, 3.05) is 38.7 Å². The van der Waals surface area contributed by atoms with Crippen molar-refractivity contribution in [2.45, 2.75) is 25.9 Å². The molecule has 2 aromatic heterocycles. The second-order valence-corrected chi connectivity index (χ2v) is 6.77. The summed E-state index contributed by atoms with van der Waals surface area (Å²) in [5, 5.41) is 4.33. The van der Waals surface area contributed by atoms with Gasteiger partial charge in [-0.15, -0.1) is 0 Å². The van der Waals surface area contributed by atoms with E-state index in [4.69, 9.17) is 4.74 Å². The van der Waals surface area contributed by atoms with Gasteiger partial charge in [-0.3, -0.25) is 14.5 Å². The van der Waals surface area contributed by atoms with Crippen LogP contribution >= 0.6 is 0 Å². The minimum atomic E-state index is -0.251. The monoisotopic (exact) mass is 358 g/mol. The second kappa shape index (κ2) is 7.82. The molecule has 0 spiro atoms. The third kappa shape index (κ3) is 4.01. The van der Waals surface area contributed by atoms with Gasteiger partial charge >= 0.3 is 0 Å². The van der Waals surface area contributed by atoms with Crippen molar-refractivity contribution in [2.24, 2.45) is 7.05 Å². The molecule has 1 aliphatic heterocycles. The predicted octanol–water partition coefficient (Wildman–Crippen LogP) is 1.12. The van der Waals surface area contributed by atoms with E-state index in [1.165, 1.54) is 0 Å². The van der Waals surface area contributed by atoms with Gasteiger partial charge in [0.05, 0.1) is 18.8 Å². The molecule has 0 aromatic carbocycles. The first kappa shape index (κ1) is 18.3. The Hall–Kier alpha value is -2.48. The van der Waals surface area contributed by atoms with E-state index < -0.39 is 0 Å². The Morgan fingerprint density at radius 2 is 2.12 bits per heavy atom. The summed E-state index contributed by atoms with van der Waals surface area (Å²) in [4.78, 5) is 25.3. The quantitative estimate of drug-likeness (QED) is 0.797. The lowest BCUT2D eigenvalue weighted by atomic mass is 10.1. The molecule has 8 heteroatoms. The first-order valence-electron chi connectivity index (χ1n) is 8.82. The standard InChI is InChI=1S/C18H26N6O2/c1-13-14(11-23(4)21-13)5-6-16(25)24-9-10-26-15(12-24)17-18(22(2)3)20-8-7-19-17/h7-8,11,15H,5-6,9-10,12H2,1-4H3/t15-/m0/s1. The second-order valence-electron chi connectivity index (χ2n) is 6.77. The van der Waals surface area contributed by atoms with Gasteiger partial charge in [-0.25, -0.2) is 4.98 Å². The SMILES string of the molecule is Cc1nn(C)cc1CCC(=O)N1CCO[C@H](c2nccnc2N(C)C)C1. The maximum atomic E-state index is 12.7. The Balaban J connectivity index is 1.65. The summed E-state index contributed by atoms with van der Waals surface area (Å²) in [7, 11) is 5.75. The van der Waals surface area contributed by atoms with Crippen LogP contribution in [0.5, 0.6) is 0 Å². The maximum Gasteiger partial charge on any atom is 0.223 e. The van der Waals surface area contributed by atoms with Gasteiger partial charge < -0.3 is 14.5 Å². The molecular formula is C18H26N6O2. The van der Waals surface area contributed by atoms with Crippen molar-refractivity contribution in [3.8, 4) is 0 Å². The number of carbonyl (C=O) groups excluding carboxylic acids is 1. The van der Waals surface area contributed by atoms with Crippen LogP contribution in [-0.2, 0) is 23.0 Å². The fourth-order valence-electron chi connectivity index (χ4n) is 3.25. The number of carbonyl (C=O) groups is 1. The molecular weight excluding hydrogens is 332 g/mol. The fourth-order valence-corrected chi connectivity index (χ4v) is 3.25. The van der Waals surface area contributed by atoms with Gasteiger partial charge in [-0.05, 0) is 18.9 Å². The van der Waals surface area contributed by atoms with Gasteiger partial charge in [0.2, 0.25) is 5.91 Å².